The summed E-state index contributed by atoms with van der Waals surface area (Å²) in [5.74, 6) is 0.914. The smallest absolute Gasteiger partial charge is 0.323 e. The lowest BCUT2D eigenvalue weighted by molar-refractivity contribution is 0.191. The number of hydrogen-bond donors (Lipinski definition) is 3. The normalized spacial score (nSPS) is 10.4. The monoisotopic (exact) mass is 241 g/mol. The highest BCUT2D eigenvalue weighted by molar-refractivity contribution is 5.36. The number of hydrogen-bond acceptors (Lipinski definition) is 7. The molecule has 0 radical (unpaired) electrons. The molecule has 17 heavy (non-hydrogen) atoms. The van der Waals surface area contributed by atoms with Crippen molar-refractivity contribution in [3.63, 3.8) is 0 Å². The van der Waals surface area contributed by atoms with Crippen molar-refractivity contribution in [2.45, 2.75) is 26.8 Å². The number of nitrogens with zero attached hydrogens (tertiary/aromatic N) is 3. The molecule has 0 aromatic carbocycles. The molecule has 0 bridgehead atoms. The average molecular weight is 241 g/mol. The van der Waals surface area contributed by atoms with Crippen LogP contribution < -0.4 is 15.4 Å². The first-order valence-corrected chi connectivity index (χ1v) is 5.65. The summed E-state index contributed by atoms with van der Waals surface area (Å²) in [5.41, 5.74) is 0. The number of nitrogens with one attached hydrogen (secondary N) is 2. The van der Waals surface area contributed by atoms with E-state index in [-0.39, 0.29) is 25.3 Å². The second kappa shape index (κ2) is 6.85. The van der Waals surface area contributed by atoms with Crippen LogP contribution in [-0.2, 0) is 0 Å². The van der Waals surface area contributed by atoms with Crippen LogP contribution in [0.3, 0.4) is 0 Å². The molecule has 0 aliphatic rings. The second-order valence-corrected chi connectivity index (χ2v) is 3.67. The van der Waals surface area contributed by atoms with Gasteiger partial charge in [-0.3, -0.25) is 0 Å². The summed E-state index contributed by atoms with van der Waals surface area (Å²) in [4.78, 5) is 12.3. The molecular weight excluding hydrogens is 222 g/mol. The van der Waals surface area contributed by atoms with Gasteiger partial charge in [-0.25, -0.2) is 0 Å². The Bertz CT molecular complexity index is 345. The van der Waals surface area contributed by atoms with E-state index < -0.39 is 0 Å². The van der Waals surface area contributed by atoms with Gasteiger partial charge in [0.25, 0.3) is 0 Å². The Morgan fingerprint density at radius 2 is 1.94 bits per heavy atom. The van der Waals surface area contributed by atoms with E-state index in [1.165, 1.54) is 0 Å². The molecule has 1 rings (SSSR count). The third kappa shape index (κ3) is 4.81. The van der Waals surface area contributed by atoms with Crippen molar-refractivity contribution in [3.8, 4) is 6.01 Å². The summed E-state index contributed by atoms with van der Waals surface area (Å²) >= 11 is 0. The molecule has 1 aromatic rings. The fraction of sp³-hybridized carbons (Fsp3) is 0.700. The Morgan fingerprint density at radius 3 is 2.53 bits per heavy atom. The molecule has 0 saturated carbocycles. The molecule has 0 saturated heterocycles. The number of aliphatic hydroxyl groups is 1. The van der Waals surface area contributed by atoms with E-state index in [1.807, 2.05) is 20.8 Å². The van der Waals surface area contributed by atoms with E-state index in [9.17, 15) is 0 Å². The summed E-state index contributed by atoms with van der Waals surface area (Å²) in [6.45, 7) is 6.74. The van der Waals surface area contributed by atoms with Crippen molar-refractivity contribution in [3.05, 3.63) is 0 Å². The zero-order valence-corrected chi connectivity index (χ0v) is 10.4. The van der Waals surface area contributed by atoms with Gasteiger partial charge in [0.2, 0.25) is 11.9 Å². The lowest BCUT2D eigenvalue weighted by Gasteiger charge is -2.11. The maximum atomic E-state index is 8.69. The molecule has 1 aromatic heterocycles. The summed E-state index contributed by atoms with van der Waals surface area (Å²) in [6, 6.07) is 0.422. The van der Waals surface area contributed by atoms with E-state index in [4.69, 9.17) is 9.84 Å². The molecule has 0 atom stereocenters. The van der Waals surface area contributed by atoms with Gasteiger partial charge in [0.15, 0.2) is 0 Å². The summed E-state index contributed by atoms with van der Waals surface area (Å²) in [6.07, 6.45) is 0. The largest absolute Gasteiger partial charge is 0.461 e. The van der Waals surface area contributed by atoms with E-state index in [0.717, 1.165) is 0 Å². The average Bonchev–Trinajstić information content (AvgIpc) is 2.25. The lowest BCUT2D eigenvalue weighted by Crippen LogP contribution is -2.16. The highest BCUT2D eigenvalue weighted by Gasteiger charge is 2.07. The lowest BCUT2D eigenvalue weighted by atomic mass is 10.4. The third-order valence-corrected chi connectivity index (χ3v) is 1.69. The molecule has 0 amide bonds. The van der Waals surface area contributed by atoms with Gasteiger partial charge in [-0.2, -0.15) is 15.0 Å². The van der Waals surface area contributed by atoms with Crippen molar-refractivity contribution < 1.29 is 9.84 Å². The fourth-order valence-corrected chi connectivity index (χ4v) is 1.12. The van der Waals surface area contributed by atoms with Crippen LogP contribution in [0.2, 0.25) is 0 Å². The first-order chi connectivity index (χ1) is 8.15. The number of ether oxygens (including phenoxy) is 1. The molecule has 96 valence electrons. The summed E-state index contributed by atoms with van der Waals surface area (Å²) in [5, 5.41) is 14.8. The Kier molecular flexibility index (Phi) is 5.41. The van der Waals surface area contributed by atoms with E-state index >= 15 is 0 Å². The van der Waals surface area contributed by atoms with Gasteiger partial charge >= 0.3 is 6.01 Å². The highest BCUT2D eigenvalue weighted by atomic mass is 16.5. The van der Waals surface area contributed by atoms with Crippen LogP contribution in [0.5, 0.6) is 6.01 Å². The quantitative estimate of drug-likeness (QED) is 0.640. The zero-order chi connectivity index (χ0) is 12.7. The van der Waals surface area contributed by atoms with Crippen molar-refractivity contribution in [2.75, 3.05) is 30.4 Å². The minimum Gasteiger partial charge on any atom is -0.461 e. The van der Waals surface area contributed by atoms with Crippen molar-refractivity contribution in [2.24, 2.45) is 0 Å². The minimum absolute atomic E-state index is 0.0742. The van der Waals surface area contributed by atoms with Gasteiger partial charge < -0.3 is 20.5 Å². The van der Waals surface area contributed by atoms with Crippen LogP contribution in [0.4, 0.5) is 11.9 Å². The fourth-order valence-electron chi connectivity index (χ4n) is 1.12. The van der Waals surface area contributed by atoms with Crippen LogP contribution in [-0.4, -0.2) is 45.9 Å². The maximum Gasteiger partial charge on any atom is 0.323 e. The van der Waals surface area contributed by atoms with E-state index in [2.05, 4.69) is 25.6 Å². The first-order valence-electron chi connectivity index (χ1n) is 5.65. The molecule has 7 heteroatoms. The van der Waals surface area contributed by atoms with Gasteiger partial charge in [0.05, 0.1) is 6.61 Å². The molecule has 1 heterocycles. The van der Waals surface area contributed by atoms with Crippen molar-refractivity contribution in [1.82, 2.24) is 15.0 Å². The van der Waals surface area contributed by atoms with E-state index in [0.29, 0.717) is 18.4 Å². The molecule has 0 aliphatic heterocycles. The topological polar surface area (TPSA) is 92.2 Å². The van der Waals surface area contributed by atoms with Crippen LogP contribution in [0, 0.1) is 0 Å². The van der Waals surface area contributed by atoms with Crippen LogP contribution >= 0.6 is 0 Å². The molecule has 7 nitrogen and oxygen atoms in total. The Balaban J connectivity index is 2.84. The maximum absolute atomic E-state index is 8.69. The summed E-state index contributed by atoms with van der Waals surface area (Å²) in [7, 11) is 0. The highest BCUT2D eigenvalue weighted by Crippen LogP contribution is 2.11. The van der Waals surface area contributed by atoms with Gasteiger partial charge in [0.1, 0.15) is 6.61 Å². The predicted octanol–water partition coefficient (Wildman–Crippen LogP) is 0.495. The van der Waals surface area contributed by atoms with Gasteiger partial charge in [-0.15, -0.1) is 0 Å². The number of aliphatic hydroxyl groups excluding tert-OH is 1. The van der Waals surface area contributed by atoms with Crippen molar-refractivity contribution >= 4 is 11.9 Å². The molecular formula is C10H19N5O2. The van der Waals surface area contributed by atoms with Crippen molar-refractivity contribution in [1.29, 1.82) is 0 Å². The zero-order valence-electron chi connectivity index (χ0n) is 10.4. The number of aromatic nitrogens is 3. The Hall–Kier alpha value is -1.63. The molecule has 0 spiro atoms. The van der Waals surface area contributed by atoms with Gasteiger partial charge in [-0.05, 0) is 20.8 Å². The summed E-state index contributed by atoms with van der Waals surface area (Å²) < 4.78 is 5.17. The van der Waals surface area contributed by atoms with Gasteiger partial charge in [0, 0.05) is 12.6 Å². The third-order valence-electron chi connectivity index (χ3n) is 1.69. The van der Waals surface area contributed by atoms with Crippen LogP contribution in [0.15, 0.2) is 0 Å². The second-order valence-electron chi connectivity index (χ2n) is 3.67. The number of anilines is 2. The van der Waals surface area contributed by atoms with E-state index in [1.54, 1.807) is 0 Å². The van der Waals surface area contributed by atoms with Crippen LogP contribution in [0.1, 0.15) is 20.8 Å². The molecule has 0 aliphatic carbocycles. The van der Waals surface area contributed by atoms with Gasteiger partial charge in [-0.1, -0.05) is 0 Å². The molecule has 0 fully saturated rings. The molecule has 3 N–H and O–H groups in total. The minimum atomic E-state index is -0.0742. The Labute approximate surface area is 101 Å². The number of rotatable bonds is 7. The molecule has 0 unspecified atom stereocenters. The predicted molar refractivity (Wildman–Crippen MR) is 65.3 cm³/mol. The Morgan fingerprint density at radius 1 is 1.24 bits per heavy atom. The van der Waals surface area contributed by atoms with Crippen LogP contribution in [0.25, 0.3) is 0 Å². The SMILES string of the molecule is CCNc1nc(NC(C)C)nc(OCCO)n1. The standard InChI is InChI=1S/C10H19N5O2/c1-4-11-8-13-9(12-7(2)3)15-10(14-8)17-6-5-16/h7,16H,4-6H2,1-3H3,(H2,11,12,13,14,15). The first kappa shape index (κ1) is 13.4.